The maximum absolute atomic E-state index is 4.63. The molecule has 1 aliphatic heterocycles. The average Bonchev–Trinajstić information content (AvgIpc) is 3.00. The molecular weight excluding hydrogens is 248 g/mol. The molecule has 0 aromatic carbocycles. The summed E-state index contributed by atoms with van der Waals surface area (Å²) in [6.45, 7) is 15.5. The molecule has 2 atom stereocenters. The summed E-state index contributed by atoms with van der Waals surface area (Å²) in [6.07, 6.45) is 2.68. The lowest BCUT2D eigenvalue weighted by Crippen LogP contribution is -2.38. The first-order valence-electron chi connectivity index (χ1n) is 8.09. The molecule has 1 aromatic heterocycles. The van der Waals surface area contributed by atoms with Crippen LogP contribution in [0.4, 0.5) is 0 Å². The average molecular weight is 278 g/mol. The lowest BCUT2D eigenvalue weighted by atomic mass is 10.1. The van der Waals surface area contributed by atoms with Crippen LogP contribution in [0.15, 0.2) is 0 Å². The molecule has 1 aromatic rings. The molecule has 0 spiro atoms. The third-order valence-corrected chi connectivity index (χ3v) is 4.73. The van der Waals surface area contributed by atoms with Gasteiger partial charge in [-0.3, -0.25) is 9.58 Å². The quantitative estimate of drug-likeness (QED) is 0.868. The zero-order valence-electron chi connectivity index (χ0n) is 13.7. The van der Waals surface area contributed by atoms with E-state index in [0.29, 0.717) is 12.1 Å². The Labute approximate surface area is 123 Å². The van der Waals surface area contributed by atoms with Crippen LogP contribution >= 0.6 is 0 Å². The minimum atomic E-state index is 0.384. The number of nitrogens with one attached hydrogen (secondary N) is 1. The number of rotatable bonds is 6. The van der Waals surface area contributed by atoms with Crippen LogP contribution in [0.25, 0.3) is 0 Å². The van der Waals surface area contributed by atoms with Crippen molar-refractivity contribution < 1.29 is 0 Å². The summed E-state index contributed by atoms with van der Waals surface area (Å²) in [4.78, 5) is 2.59. The van der Waals surface area contributed by atoms with E-state index in [1.807, 2.05) is 0 Å². The third kappa shape index (κ3) is 3.07. The fourth-order valence-corrected chi connectivity index (χ4v) is 3.60. The van der Waals surface area contributed by atoms with E-state index in [1.54, 1.807) is 0 Å². The second-order valence-electron chi connectivity index (χ2n) is 5.95. The number of aryl methyl sites for hydroxylation is 2. The Morgan fingerprint density at radius 3 is 2.65 bits per heavy atom. The van der Waals surface area contributed by atoms with Crippen molar-refractivity contribution in [1.29, 1.82) is 0 Å². The van der Waals surface area contributed by atoms with Crippen LogP contribution < -0.4 is 5.32 Å². The predicted octanol–water partition coefficient (Wildman–Crippen LogP) is 2.65. The van der Waals surface area contributed by atoms with Crippen molar-refractivity contribution in [3.05, 3.63) is 17.0 Å². The second kappa shape index (κ2) is 6.72. The molecular formula is C16H30N4. The van der Waals surface area contributed by atoms with Crippen LogP contribution in [0.1, 0.15) is 56.6 Å². The molecule has 1 fully saturated rings. The van der Waals surface area contributed by atoms with Gasteiger partial charge in [-0.25, -0.2) is 0 Å². The topological polar surface area (TPSA) is 33.1 Å². The number of hydrogen-bond donors (Lipinski definition) is 1. The van der Waals surface area contributed by atoms with Gasteiger partial charge in [0.05, 0.1) is 5.69 Å². The van der Waals surface area contributed by atoms with Gasteiger partial charge >= 0.3 is 0 Å². The Bertz CT molecular complexity index is 438. The minimum Gasteiger partial charge on any atom is -0.309 e. The molecule has 114 valence electrons. The van der Waals surface area contributed by atoms with Crippen LogP contribution in [0.5, 0.6) is 0 Å². The van der Waals surface area contributed by atoms with Crippen molar-refractivity contribution in [1.82, 2.24) is 20.0 Å². The molecule has 2 unspecified atom stereocenters. The first kappa shape index (κ1) is 15.5. The van der Waals surface area contributed by atoms with Crippen molar-refractivity contribution in [2.24, 2.45) is 0 Å². The summed E-state index contributed by atoms with van der Waals surface area (Å²) in [5.41, 5.74) is 3.86. The normalized spacial score (nSPS) is 21.6. The maximum atomic E-state index is 4.63. The first-order chi connectivity index (χ1) is 9.58. The molecule has 4 nitrogen and oxygen atoms in total. The SMILES string of the molecule is CCN1CCCC1CNC(C)c1c(C)nn(CC)c1C. The zero-order chi connectivity index (χ0) is 14.7. The molecule has 0 bridgehead atoms. The van der Waals surface area contributed by atoms with Gasteiger partial charge in [0.1, 0.15) is 0 Å². The van der Waals surface area contributed by atoms with Crippen LogP contribution in [0.3, 0.4) is 0 Å². The van der Waals surface area contributed by atoms with E-state index in [4.69, 9.17) is 0 Å². The van der Waals surface area contributed by atoms with Crippen molar-refractivity contribution >= 4 is 0 Å². The lowest BCUT2D eigenvalue weighted by molar-refractivity contribution is 0.255. The Morgan fingerprint density at radius 2 is 2.05 bits per heavy atom. The molecule has 0 aliphatic carbocycles. The van der Waals surface area contributed by atoms with E-state index in [1.165, 1.54) is 42.9 Å². The van der Waals surface area contributed by atoms with Crippen LogP contribution in [-0.4, -0.2) is 40.4 Å². The molecule has 2 rings (SSSR count). The number of nitrogens with zero attached hydrogens (tertiary/aromatic N) is 3. The Morgan fingerprint density at radius 1 is 1.30 bits per heavy atom. The molecule has 0 saturated carbocycles. The summed E-state index contributed by atoms with van der Waals surface area (Å²) >= 11 is 0. The summed E-state index contributed by atoms with van der Waals surface area (Å²) in [5.74, 6) is 0. The minimum absolute atomic E-state index is 0.384. The molecule has 2 heterocycles. The summed E-state index contributed by atoms with van der Waals surface area (Å²) < 4.78 is 2.11. The largest absolute Gasteiger partial charge is 0.309 e. The highest BCUT2D eigenvalue weighted by molar-refractivity contribution is 5.27. The van der Waals surface area contributed by atoms with Crippen molar-refractivity contribution in [3.63, 3.8) is 0 Å². The van der Waals surface area contributed by atoms with Crippen molar-refractivity contribution in [3.8, 4) is 0 Å². The number of likely N-dealkylation sites (tertiary alicyclic amines) is 1. The molecule has 1 saturated heterocycles. The van der Waals surface area contributed by atoms with Crippen molar-refractivity contribution in [2.45, 2.75) is 66.1 Å². The molecule has 0 amide bonds. The highest BCUT2D eigenvalue weighted by Crippen LogP contribution is 2.22. The summed E-state index contributed by atoms with van der Waals surface area (Å²) in [5, 5.41) is 8.36. The highest BCUT2D eigenvalue weighted by atomic mass is 15.3. The maximum Gasteiger partial charge on any atom is 0.0644 e. The number of likely N-dealkylation sites (N-methyl/N-ethyl adjacent to an activating group) is 1. The van der Waals surface area contributed by atoms with Gasteiger partial charge in [0.15, 0.2) is 0 Å². The van der Waals surface area contributed by atoms with E-state index in [-0.39, 0.29) is 0 Å². The summed E-state index contributed by atoms with van der Waals surface area (Å²) in [6, 6.07) is 1.10. The van der Waals surface area contributed by atoms with E-state index in [9.17, 15) is 0 Å². The van der Waals surface area contributed by atoms with E-state index >= 15 is 0 Å². The Balaban J connectivity index is 1.98. The molecule has 4 heteroatoms. The van der Waals surface area contributed by atoms with Gasteiger partial charge in [-0.15, -0.1) is 0 Å². The fraction of sp³-hybridized carbons (Fsp3) is 0.812. The number of aromatic nitrogens is 2. The van der Waals surface area contributed by atoms with Gasteiger partial charge in [0.25, 0.3) is 0 Å². The zero-order valence-corrected chi connectivity index (χ0v) is 13.7. The third-order valence-electron chi connectivity index (χ3n) is 4.73. The smallest absolute Gasteiger partial charge is 0.0644 e. The standard InChI is InChI=1S/C16H30N4/c1-6-19-10-8-9-15(19)11-17-12(3)16-13(4)18-20(7-2)14(16)5/h12,15,17H,6-11H2,1-5H3. The van der Waals surface area contributed by atoms with Gasteiger partial charge in [0.2, 0.25) is 0 Å². The van der Waals surface area contributed by atoms with Gasteiger partial charge in [-0.05, 0) is 53.6 Å². The van der Waals surface area contributed by atoms with E-state index in [0.717, 1.165) is 13.1 Å². The predicted molar refractivity (Wildman–Crippen MR) is 84.1 cm³/mol. The second-order valence-corrected chi connectivity index (χ2v) is 5.95. The molecule has 1 N–H and O–H groups in total. The molecule has 0 radical (unpaired) electrons. The molecule has 20 heavy (non-hydrogen) atoms. The number of hydrogen-bond acceptors (Lipinski definition) is 3. The lowest BCUT2D eigenvalue weighted by Gasteiger charge is -2.25. The fourth-order valence-electron chi connectivity index (χ4n) is 3.60. The molecule has 1 aliphatic rings. The van der Waals surface area contributed by atoms with Gasteiger partial charge in [0, 0.05) is 36.4 Å². The van der Waals surface area contributed by atoms with Crippen LogP contribution in [0.2, 0.25) is 0 Å². The van der Waals surface area contributed by atoms with Crippen LogP contribution in [0, 0.1) is 13.8 Å². The van der Waals surface area contributed by atoms with Gasteiger partial charge in [-0.2, -0.15) is 5.10 Å². The van der Waals surface area contributed by atoms with Crippen molar-refractivity contribution in [2.75, 3.05) is 19.6 Å². The Hall–Kier alpha value is -0.870. The van der Waals surface area contributed by atoms with E-state index < -0.39 is 0 Å². The highest BCUT2D eigenvalue weighted by Gasteiger charge is 2.24. The van der Waals surface area contributed by atoms with Crippen LogP contribution in [-0.2, 0) is 6.54 Å². The van der Waals surface area contributed by atoms with Gasteiger partial charge in [-0.1, -0.05) is 6.92 Å². The summed E-state index contributed by atoms with van der Waals surface area (Å²) in [7, 11) is 0. The first-order valence-corrected chi connectivity index (χ1v) is 8.09. The van der Waals surface area contributed by atoms with E-state index in [2.05, 4.69) is 54.6 Å². The Kier molecular flexibility index (Phi) is 5.22. The van der Waals surface area contributed by atoms with Gasteiger partial charge < -0.3 is 5.32 Å². The monoisotopic (exact) mass is 278 g/mol.